The lowest BCUT2D eigenvalue weighted by molar-refractivity contribution is 0.600. The highest BCUT2D eigenvalue weighted by Crippen LogP contribution is 2.27. The fraction of sp³-hybridized carbons (Fsp3) is 0.200. The van der Waals surface area contributed by atoms with Gasteiger partial charge in [-0.2, -0.15) is 5.10 Å². The predicted octanol–water partition coefficient (Wildman–Crippen LogP) is 3.42. The van der Waals surface area contributed by atoms with Gasteiger partial charge in [-0.1, -0.05) is 36.8 Å². The van der Waals surface area contributed by atoms with E-state index in [2.05, 4.69) is 14.9 Å². The number of hydrogen-bond donors (Lipinski definition) is 2. The lowest BCUT2D eigenvalue weighted by atomic mass is 10.1. The first-order valence-corrected chi connectivity index (χ1v) is 10.1. The van der Waals surface area contributed by atoms with Crippen molar-refractivity contribution in [3.8, 4) is 11.3 Å². The first-order chi connectivity index (χ1) is 12.8. The predicted molar refractivity (Wildman–Crippen MR) is 106 cm³/mol. The Hall–Kier alpha value is -2.93. The molecule has 1 heterocycles. The van der Waals surface area contributed by atoms with Crippen molar-refractivity contribution in [3.63, 3.8) is 0 Å². The summed E-state index contributed by atoms with van der Waals surface area (Å²) in [6.45, 7) is 5.73. The summed E-state index contributed by atoms with van der Waals surface area (Å²) in [7, 11) is -3.78. The molecule has 7 heteroatoms. The molecule has 2 aromatic carbocycles. The summed E-state index contributed by atoms with van der Waals surface area (Å²) in [5.74, 6) is 0. The van der Waals surface area contributed by atoms with Gasteiger partial charge in [0.2, 0.25) is 0 Å². The average molecular weight is 383 g/mol. The summed E-state index contributed by atoms with van der Waals surface area (Å²) in [6.07, 6.45) is 0.572. The second kappa shape index (κ2) is 7.36. The molecule has 0 unspecified atom stereocenters. The van der Waals surface area contributed by atoms with E-state index >= 15 is 0 Å². The Morgan fingerprint density at radius 3 is 2.44 bits per heavy atom. The molecular weight excluding hydrogens is 362 g/mol. The minimum atomic E-state index is -3.78. The molecule has 0 atom stereocenters. The van der Waals surface area contributed by atoms with Crippen molar-refractivity contribution in [2.45, 2.75) is 32.1 Å². The Morgan fingerprint density at radius 1 is 1.04 bits per heavy atom. The minimum Gasteiger partial charge on any atom is -0.279 e. The maximum Gasteiger partial charge on any atom is 0.264 e. The fourth-order valence-corrected chi connectivity index (χ4v) is 4.36. The van der Waals surface area contributed by atoms with Crippen LogP contribution in [0.2, 0.25) is 0 Å². The van der Waals surface area contributed by atoms with Crippen molar-refractivity contribution in [3.05, 3.63) is 75.6 Å². The number of aromatic amines is 1. The highest BCUT2D eigenvalue weighted by Gasteiger charge is 2.20. The molecule has 0 aliphatic rings. The van der Waals surface area contributed by atoms with Crippen LogP contribution in [-0.4, -0.2) is 18.6 Å². The molecule has 0 aliphatic carbocycles. The van der Waals surface area contributed by atoms with E-state index in [4.69, 9.17) is 0 Å². The molecule has 0 spiro atoms. The van der Waals surface area contributed by atoms with E-state index in [1.807, 2.05) is 32.9 Å². The molecule has 0 saturated carbocycles. The van der Waals surface area contributed by atoms with E-state index < -0.39 is 10.0 Å². The van der Waals surface area contributed by atoms with E-state index in [1.54, 1.807) is 30.3 Å². The number of aromatic nitrogens is 2. The van der Waals surface area contributed by atoms with Gasteiger partial charge in [-0.3, -0.25) is 9.52 Å². The molecule has 0 saturated heterocycles. The van der Waals surface area contributed by atoms with Crippen LogP contribution in [-0.2, 0) is 16.4 Å². The first kappa shape index (κ1) is 18.8. The SMILES string of the molecule is CCc1ccc(-c2ccc(=O)[nH]n2)cc1S(=O)(=O)Nc1ccc(C)cc1C. The lowest BCUT2D eigenvalue weighted by Gasteiger charge is -2.15. The van der Waals surface area contributed by atoms with Crippen molar-refractivity contribution in [2.75, 3.05) is 4.72 Å². The minimum absolute atomic E-state index is 0.204. The third-order valence-electron chi connectivity index (χ3n) is 4.34. The number of H-pyrrole nitrogens is 1. The molecule has 0 amide bonds. The second-order valence-corrected chi connectivity index (χ2v) is 8.06. The second-order valence-electron chi connectivity index (χ2n) is 6.41. The Bertz CT molecular complexity index is 1130. The zero-order valence-electron chi connectivity index (χ0n) is 15.4. The van der Waals surface area contributed by atoms with Crippen LogP contribution in [0.1, 0.15) is 23.6 Å². The third-order valence-corrected chi connectivity index (χ3v) is 5.79. The van der Waals surface area contributed by atoms with Crippen molar-refractivity contribution >= 4 is 15.7 Å². The van der Waals surface area contributed by atoms with Crippen molar-refractivity contribution in [2.24, 2.45) is 0 Å². The van der Waals surface area contributed by atoms with E-state index in [0.717, 1.165) is 11.1 Å². The summed E-state index contributed by atoms with van der Waals surface area (Å²) in [5, 5.41) is 6.35. The van der Waals surface area contributed by atoms with Gasteiger partial charge in [-0.05, 0) is 49.6 Å². The fourth-order valence-electron chi connectivity index (χ4n) is 2.89. The average Bonchev–Trinajstić information content (AvgIpc) is 2.64. The molecule has 0 aliphatic heterocycles. The zero-order valence-corrected chi connectivity index (χ0v) is 16.2. The highest BCUT2D eigenvalue weighted by molar-refractivity contribution is 7.92. The van der Waals surface area contributed by atoms with Gasteiger partial charge in [0.05, 0.1) is 16.3 Å². The Morgan fingerprint density at radius 2 is 1.81 bits per heavy atom. The third kappa shape index (κ3) is 4.09. The molecule has 27 heavy (non-hydrogen) atoms. The summed E-state index contributed by atoms with van der Waals surface area (Å²) in [5.41, 5.74) is 3.99. The highest BCUT2D eigenvalue weighted by atomic mass is 32.2. The van der Waals surface area contributed by atoms with Crippen LogP contribution in [0.4, 0.5) is 5.69 Å². The summed E-state index contributed by atoms with van der Waals surface area (Å²) < 4.78 is 28.8. The van der Waals surface area contributed by atoms with E-state index in [1.165, 1.54) is 6.07 Å². The quantitative estimate of drug-likeness (QED) is 0.706. The van der Waals surface area contributed by atoms with Gasteiger partial charge in [0.15, 0.2) is 0 Å². The Kier molecular flexibility index (Phi) is 5.14. The van der Waals surface area contributed by atoms with E-state index in [0.29, 0.717) is 28.9 Å². The number of anilines is 1. The summed E-state index contributed by atoms with van der Waals surface area (Å²) in [4.78, 5) is 11.4. The van der Waals surface area contributed by atoms with Crippen LogP contribution in [0.15, 0.2) is 58.2 Å². The zero-order chi connectivity index (χ0) is 19.6. The molecule has 0 fully saturated rings. The molecule has 140 valence electrons. The molecule has 1 aromatic heterocycles. The van der Waals surface area contributed by atoms with E-state index in [-0.39, 0.29) is 10.5 Å². The number of hydrogen-bond acceptors (Lipinski definition) is 4. The molecule has 2 N–H and O–H groups in total. The van der Waals surface area contributed by atoms with Crippen LogP contribution in [0.5, 0.6) is 0 Å². The number of aryl methyl sites for hydroxylation is 3. The van der Waals surface area contributed by atoms with Crippen LogP contribution in [0.3, 0.4) is 0 Å². The van der Waals surface area contributed by atoms with Gasteiger partial charge in [0, 0.05) is 11.6 Å². The van der Waals surface area contributed by atoms with Crippen molar-refractivity contribution in [1.82, 2.24) is 10.2 Å². The van der Waals surface area contributed by atoms with Crippen LogP contribution in [0.25, 0.3) is 11.3 Å². The number of rotatable bonds is 5. The normalized spacial score (nSPS) is 11.4. The smallest absolute Gasteiger partial charge is 0.264 e. The standard InChI is InChI=1S/C20H21N3O3S/c1-4-15-6-7-16(18-9-10-20(24)22-21-18)12-19(15)27(25,26)23-17-8-5-13(2)11-14(17)3/h5-12,23H,4H2,1-3H3,(H,22,24). The van der Waals surface area contributed by atoms with Crippen molar-refractivity contribution in [1.29, 1.82) is 0 Å². The van der Waals surface area contributed by atoms with Gasteiger partial charge in [-0.15, -0.1) is 0 Å². The summed E-state index contributed by atoms with van der Waals surface area (Å²) in [6, 6.07) is 13.7. The molecule has 6 nitrogen and oxygen atoms in total. The van der Waals surface area contributed by atoms with Gasteiger partial charge >= 0.3 is 0 Å². The number of benzene rings is 2. The van der Waals surface area contributed by atoms with Gasteiger partial charge in [0.25, 0.3) is 15.6 Å². The molecule has 3 rings (SSSR count). The maximum absolute atomic E-state index is 13.1. The van der Waals surface area contributed by atoms with Gasteiger partial charge in [0.1, 0.15) is 0 Å². The topological polar surface area (TPSA) is 91.9 Å². The first-order valence-electron chi connectivity index (χ1n) is 8.59. The molecule has 0 bridgehead atoms. The number of nitrogens with zero attached hydrogens (tertiary/aromatic N) is 1. The van der Waals surface area contributed by atoms with Crippen LogP contribution in [0, 0.1) is 13.8 Å². The molecular formula is C20H21N3O3S. The lowest BCUT2D eigenvalue weighted by Crippen LogP contribution is -2.16. The van der Waals surface area contributed by atoms with Gasteiger partial charge in [-0.25, -0.2) is 13.5 Å². The number of sulfonamides is 1. The maximum atomic E-state index is 13.1. The monoisotopic (exact) mass is 383 g/mol. The largest absolute Gasteiger partial charge is 0.279 e. The van der Waals surface area contributed by atoms with E-state index in [9.17, 15) is 13.2 Å². The van der Waals surface area contributed by atoms with Gasteiger partial charge < -0.3 is 0 Å². The Labute approximate surface area is 158 Å². The molecule has 3 aromatic rings. The molecule has 0 radical (unpaired) electrons. The van der Waals surface area contributed by atoms with Crippen LogP contribution < -0.4 is 10.3 Å². The summed E-state index contributed by atoms with van der Waals surface area (Å²) >= 11 is 0. The van der Waals surface area contributed by atoms with Crippen molar-refractivity contribution < 1.29 is 8.42 Å². The van der Waals surface area contributed by atoms with Crippen LogP contribution >= 0.6 is 0 Å². The Balaban J connectivity index is 2.06. The number of nitrogens with one attached hydrogen (secondary N) is 2.